The van der Waals surface area contributed by atoms with Crippen molar-refractivity contribution in [2.45, 2.75) is 52.7 Å². The molecule has 1 saturated heterocycles. The van der Waals surface area contributed by atoms with Gasteiger partial charge in [-0.25, -0.2) is 4.39 Å². The molecule has 1 aliphatic heterocycles. The second-order valence-corrected chi connectivity index (χ2v) is 12.3. The van der Waals surface area contributed by atoms with E-state index in [1.54, 1.807) is 6.20 Å². The van der Waals surface area contributed by atoms with E-state index < -0.39 is 40.8 Å². The molecule has 2 unspecified atom stereocenters. The number of H-pyrrole nitrogens is 1. The topological polar surface area (TPSA) is 144 Å². The molecule has 3 aromatic rings. The summed E-state index contributed by atoms with van der Waals surface area (Å²) in [6.07, 6.45) is 2.53. The highest BCUT2D eigenvalue weighted by Gasteiger charge is 2.69. The second kappa shape index (κ2) is 9.70. The Bertz CT molecular complexity index is 1580. The van der Waals surface area contributed by atoms with Gasteiger partial charge in [-0.2, -0.15) is 15.5 Å². The van der Waals surface area contributed by atoms with Crippen molar-refractivity contribution in [2.24, 2.45) is 22.7 Å². The van der Waals surface area contributed by atoms with Crippen LogP contribution in [0.4, 0.5) is 10.1 Å². The fraction of sp³-hybridized carbons (Fsp3) is 0.448. The minimum atomic E-state index is -1.08. The summed E-state index contributed by atoms with van der Waals surface area (Å²) in [4.78, 5) is 43.6. The van der Waals surface area contributed by atoms with E-state index in [2.05, 4.69) is 45.7 Å². The fourth-order valence-corrected chi connectivity index (χ4v) is 6.00. The van der Waals surface area contributed by atoms with Crippen molar-refractivity contribution in [2.75, 3.05) is 11.9 Å². The zero-order chi connectivity index (χ0) is 29.0. The molecule has 40 heavy (non-hydrogen) atoms. The second-order valence-electron chi connectivity index (χ2n) is 12.3. The molecule has 3 heterocycles. The SMILES string of the molecule is CC(C)(C)C(Nc1cc(=O)[nH]cc1F)C(=O)N1C[C@H]2[C@@H]([C@H]1C(=O)NC(C#N)c1nncc3ccccc13)C2(C)C. The van der Waals surface area contributed by atoms with Crippen LogP contribution in [0.25, 0.3) is 10.8 Å². The Balaban J connectivity index is 1.45. The number of piperidine rings is 1. The molecule has 2 fully saturated rings. The summed E-state index contributed by atoms with van der Waals surface area (Å²) >= 11 is 0. The summed E-state index contributed by atoms with van der Waals surface area (Å²) in [6.45, 7) is 9.96. The van der Waals surface area contributed by atoms with Gasteiger partial charge < -0.3 is 20.5 Å². The van der Waals surface area contributed by atoms with Crippen molar-refractivity contribution in [3.8, 4) is 6.07 Å². The molecule has 0 radical (unpaired) electrons. The first-order valence-electron chi connectivity index (χ1n) is 13.2. The zero-order valence-electron chi connectivity index (χ0n) is 23.0. The van der Waals surface area contributed by atoms with Crippen molar-refractivity contribution in [1.29, 1.82) is 5.26 Å². The normalized spacial score (nSPS) is 22.6. The van der Waals surface area contributed by atoms with E-state index >= 15 is 0 Å². The first-order chi connectivity index (χ1) is 18.8. The number of likely N-dealkylation sites (tertiary alicyclic amines) is 1. The molecular weight excluding hydrogens is 513 g/mol. The van der Waals surface area contributed by atoms with Crippen LogP contribution in [0.3, 0.4) is 0 Å². The number of hydrogen-bond acceptors (Lipinski definition) is 7. The third-order valence-electron chi connectivity index (χ3n) is 8.34. The van der Waals surface area contributed by atoms with Crippen LogP contribution in [0, 0.1) is 39.8 Å². The van der Waals surface area contributed by atoms with E-state index in [0.717, 1.165) is 17.6 Å². The standard InChI is InChI=1S/C29H32FN7O3/c1-28(2,3)25(34-19-10-21(38)32-13-18(19)30)27(40)37-14-17-22(29(17,4)5)24(37)26(39)35-20(11-31)23-16-9-7-6-8-15(16)12-33-36-23/h6-10,12-13,17,20,22,24-25H,14H2,1-5H3,(H,35,39)(H2,32,34,38)/t17-,20?,22-,24-,25?/m0/s1. The van der Waals surface area contributed by atoms with E-state index in [4.69, 9.17) is 0 Å². The van der Waals surface area contributed by atoms with Gasteiger partial charge >= 0.3 is 0 Å². The summed E-state index contributed by atoms with van der Waals surface area (Å²) in [5, 5.41) is 25.4. The third kappa shape index (κ3) is 4.68. The predicted molar refractivity (Wildman–Crippen MR) is 146 cm³/mol. The Morgan fingerprint density at radius 3 is 2.70 bits per heavy atom. The predicted octanol–water partition coefficient (Wildman–Crippen LogP) is 3.15. The number of fused-ring (bicyclic) bond motifs is 2. The first kappa shape index (κ1) is 27.2. The molecule has 5 atom stereocenters. The summed E-state index contributed by atoms with van der Waals surface area (Å²) in [7, 11) is 0. The molecule has 0 bridgehead atoms. The molecular formula is C29H32FN7O3. The molecule has 208 valence electrons. The number of rotatable bonds is 6. The van der Waals surface area contributed by atoms with Gasteiger partial charge in [-0.3, -0.25) is 14.4 Å². The van der Waals surface area contributed by atoms with E-state index in [9.17, 15) is 24.0 Å². The molecule has 2 aliphatic rings. The Kier molecular flexibility index (Phi) is 6.60. The van der Waals surface area contributed by atoms with Crippen LogP contribution in [-0.4, -0.2) is 50.5 Å². The molecule has 1 aromatic carbocycles. The van der Waals surface area contributed by atoms with E-state index in [1.165, 1.54) is 4.90 Å². The lowest BCUT2D eigenvalue weighted by Gasteiger charge is -2.38. The van der Waals surface area contributed by atoms with E-state index in [1.807, 2.05) is 45.0 Å². The number of carbonyl (C=O) groups is 2. The Morgan fingerprint density at radius 1 is 1.27 bits per heavy atom. The van der Waals surface area contributed by atoms with Gasteiger partial charge in [0.1, 0.15) is 17.8 Å². The van der Waals surface area contributed by atoms with Crippen LogP contribution in [0.2, 0.25) is 0 Å². The van der Waals surface area contributed by atoms with Gasteiger partial charge in [0.2, 0.25) is 17.4 Å². The average molecular weight is 546 g/mol. The lowest BCUT2D eigenvalue weighted by molar-refractivity contribution is -0.142. The monoisotopic (exact) mass is 545 g/mol. The lowest BCUT2D eigenvalue weighted by atomic mass is 9.85. The molecule has 10 nitrogen and oxygen atoms in total. The van der Waals surface area contributed by atoms with Crippen molar-refractivity contribution < 1.29 is 14.0 Å². The number of benzene rings is 1. The van der Waals surface area contributed by atoms with Crippen molar-refractivity contribution in [1.82, 2.24) is 25.4 Å². The van der Waals surface area contributed by atoms with Crippen LogP contribution in [0.1, 0.15) is 46.4 Å². The van der Waals surface area contributed by atoms with Gasteiger partial charge in [0.05, 0.1) is 18.0 Å². The van der Waals surface area contributed by atoms with Crippen LogP contribution in [0.15, 0.2) is 47.5 Å². The first-order valence-corrected chi connectivity index (χ1v) is 13.2. The maximum Gasteiger partial charge on any atom is 0.250 e. The number of pyridine rings is 1. The number of amides is 2. The van der Waals surface area contributed by atoms with Crippen molar-refractivity contribution in [3.05, 3.63) is 64.6 Å². The Hall–Kier alpha value is -4.33. The van der Waals surface area contributed by atoms with Crippen molar-refractivity contribution in [3.63, 3.8) is 0 Å². The number of aromatic amines is 1. The van der Waals surface area contributed by atoms with Gasteiger partial charge in [0.15, 0.2) is 11.9 Å². The quantitative estimate of drug-likeness (QED) is 0.432. The zero-order valence-corrected chi connectivity index (χ0v) is 23.0. The number of nitriles is 1. The summed E-state index contributed by atoms with van der Waals surface area (Å²) < 4.78 is 14.5. The van der Waals surface area contributed by atoms with Crippen molar-refractivity contribution >= 4 is 28.3 Å². The minimum Gasteiger partial charge on any atom is -0.371 e. The maximum absolute atomic E-state index is 14.5. The fourth-order valence-electron chi connectivity index (χ4n) is 6.00. The van der Waals surface area contributed by atoms with Gasteiger partial charge in [0.25, 0.3) is 0 Å². The highest BCUT2D eigenvalue weighted by molar-refractivity contribution is 5.94. The molecule has 11 heteroatoms. The van der Waals surface area contributed by atoms with Crippen LogP contribution < -0.4 is 16.2 Å². The smallest absolute Gasteiger partial charge is 0.250 e. The average Bonchev–Trinajstić information content (AvgIpc) is 3.23. The van der Waals surface area contributed by atoms with Gasteiger partial charge in [0, 0.05) is 29.6 Å². The van der Waals surface area contributed by atoms with E-state index in [-0.39, 0.29) is 28.8 Å². The highest BCUT2D eigenvalue weighted by atomic mass is 19.1. The number of nitrogens with one attached hydrogen (secondary N) is 3. The molecule has 0 spiro atoms. The Morgan fingerprint density at radius 2 is 2.00 bits per heavy atom. The summed E-state index contributed by atoms with van der Waals surface area (Å²) in [5.74, 6) is -1.54. The summed E-state index contributed by atoms with van der Waals surface area (Å²) in [6, 6.07) is 7.68. The number of aromatic nitrogens is 3. The van der Waals surface area contributed by atoms with Gasteiger partial charge in [-0.05, 0) is 22.7 Å². The third-order valence-corrected chi connectivity index (χ3v) is 8.34. The van der Waals surface area contributed by atoms with Crippen LogP contribution in [0.5, 0.6) is 0 Å². The maximum atomic E-state index is 14.5. The summed E-state index contributed by atoms with van der Waals surface area (Å²) in [5.41, 5.74) is -1.13. The molecule has 2 amide bonds. The van der Waals surface area contributed by atoms with Gasteiger partial charge in [-0.1, -0.05) is 58.9 Å². The Labute approximate surface area is 231 Å². The molecule has 3 N–H and O–H groups in total. The highest BCUT2D eigenvalue weighted by Crippen LogP contribution is 2.65. The van der Waals surface area contributed by atoms with Gasteiger partial charge in [-0.15, -0.1) is 0 Å². The molecule has 2 aromatic heterocycles. The minimum absolute atomic E-state index is 0.0956. The largest absolute Gasteiger partial charge is 0.371 e. The van der Waals surface area contributed by atoms with E-state index in [0.29, 0.717) is 17.6 Å². The lowest BCUT2D eigenvalue weighted by Crippen LogP contribution is -2.56. The number of hydrogen-bond donors (Lipinski definition) is 3. The number of halogens is 1. The van der Waals surface area contributed by atoms with Crippen LogP contribution in [-0.2, 0) is 9.59 Å². The number of carbonyl (C=O) groups excluding carboxylic acids is 2. The number of nitrogens with zero attached hydrogens (tertiary/aromatic N) is 4. The molecule has 5 rings (SSSR count). The molecule has 1 aliphatic carbocycles. The van der Waals surface area contributed by atoms with Crippen LogP contribution >= 0.6 is 0 Å². The molecule has 1 saturated carbocycles. The number of anilines is 1.